The highest BCUT2D eigenvalue weighted by Crippen LogP contribution is 2.18. The molecule has 2 rings (SSSR count). The molecular formula is C12H14N2O2S. The Hall–Kier alpha value is -1.75. The third-order valence-corrected chi connectivity index (χ3v) is 3.13. The lowest BCUT2D eigenvalue weighted by Gasteiger charge is -2.05. The van der Waals surface area contributed by atoms with Gasteiger partial charge in [0.2, 0.25) is 0 Å². The zero-order chi connectivity index (χ0) is 12.1. The van der Waals surface area contributed by atoms with Crippen LogP contribution in [-0.4, -0.2) is 18.7 Å². The van der Waals surface area contributed by atoms with Crippen LogP contribution in [0.25, 0.3) is 0 Å². The molecule has 0 aliphatic rings. The van der Waals surface area contributed by atoms with Crippen LogP contribution in [0.2, 0.25) is 0 Å². The van der Waals surface area contributed by atoms with Crippen molar-refractivity contribution in [2.45, 2.75) is 6.42 Å². The molecule has 0 saturated carbocycles. The number of nitrogen functional groups attached to an aromatic ring is 1. The summed E-state index contributed by atoms with van der Waals surface area (Å²) in [5, 5.41) is 0.601. The smallest absolute Gasteiger partial charge is 0.180 e. The summed E-state index contributed by atoms with van der Waals surface area (Å²) in [6.07, 6.45) is 2.61. The average molecular weight is 250 g/mol. The predicted octanol–water partition coefficient (Wildman–Crippen LogP) is 2.36. The monoisotopic (exact) mass is 250 g/mol. The summed E-state index contributed by atoms with van der Waals surface area (Å²) in [4.78, 5) is 5.12. The maximum Gasteiger partial charge on any atom is 0.180 e. The fourth-order valence-electron chi connectivity index (χ4n) is 1.38. The minimum atomic E-state index is 0.601. The molecule has 4 nitrogen and oxygen atoms in total. The van der Waals surface area contributed by atoms with Crippen molar-refractivity contribution in [3.8, 4) is 11.5 Å². The van der Waals surface area contributed by atoms with Gasteiger partial charge < -0.3 is 15.2 Å². The summed E-state index contributed by atoms with van der Waals surface area (Å²) in [5.41, 5.74) is 5.55. The van der Waals surface area contributed by atoms with Crippen LogP contribution in [0.5, 0.6) is 11.5 Å². The van der Waals surface area contributed by atoms with Crippen LogP contribution in [0, 0.1) is 0 Å². The quantitative estimate of drug-likeness (QED) is 0.885. The number of anilines is 1. The fourth-order valence-corrected chi connectivity index (χ4v) is 2.04. The first-order valence-electron chi connectivity index (χ1n) is 5.25. The summed E-state index contributed by atoms with van der Waals surface area (Å²) in [7, 11) is 1.64. The van der Waals surface area contributed by atoms with E-state index in [0.29, 0.717) is 11.7 Å². The van der Waals surface area contributed by atoms with Crippen molar-refractivity contribution in [1.29, 1.82) is 0 Å². The summed E-state index contributed by atoms with van der Waals surface area (Å²) in [5.74, 6) is 1.66. The minimum absolute atomic E-state index is 0.601. The zero-order valence-corrected chi connectivity index (χ0v) is 10.4. The highest BCUT2D eigenvalue weighted by atomic mass is 32.1. The Balaban J connectivity index is 1.81. The fraction of sp³-hybridized carbons (Fsp3) is 0.250. The Bertz CT molecular complexity index is 468. The lowest BCUT2D eigenvalue weighted by molar-refractivity contribution is 0.322. The maximum absolute atomic E-state index is 5.60. The van der Waals surface area contributed by atoms with Crippen molar-refractivity contribution in [1.82, 2.24) is 4.98 Å². The summed E-state index contributed by atoms with van der Waals surface area (Å²) in [6.45, 7) is 0.619. The van der Waals surface area contributed by atoms with Gasteiger partial charge in [0.25, 0.3) is 0 Å². The zero-order valence-electron chi connectivity index (χ0n) is 9.55. The van der Waals surface area contributed by atoms with E-state index in [0.717, 1.165) is 22.8 Å². The van der Waals surface area contributed by atoms with Gasteiger partial charge in [-0.3, -0.25) is 0 Å². The highest BCUT2D eigenvalue weighted by molar-refractivity contribution is 7.15. The van der Waals surface area contributed by atoms with E-state index in [9.17, 15) is 0 Å². The summed E-state index contributed by atoms with van der Waals surface area (Å²) >= 11 is 1.50. The number of aromatic nitrogens is 1. The van der Waals surface area contributed by atoms with E-state index in [4.69, 9.17) is 15.2 Å². The van der Waals surface area contributed by atoms with Crippen LogP contribution in [0.1, 0.15) is 4.88 Å². The predicted molar refractivity (Wildman–Crippen MR) is 68.7 cm³/mol. The molecule has 0 unspecified atom stereocenters. The van der Waals surface area contributed by atoms with E-state index in [2.05, 4.69) is 4.98 Å². The summed E-state index contributed by atoms with van der Waals surface area (Å²) in [6, 6.07) is 7.53. The Morgan fingerprint density at radius 3 is 2.53 bits per heavy atom. The van der Waals surface area contributed by atoms with E-state index in [1.165, 1.54) is 11.3 Å². The van der Waals surface area contributed by atoms with Crippen molar-refractivity contribution in [3.05, 3.63) is 35.3 Å². The Labute approximate surface area is 104 Å². The lowest BCUT2D eigenvalue weighted by Crippen LogP contribution is -1.99. The first-order valence-corrected chi connectivity index (χ1v) is 6.06. The molecule has 1 aromatic heterocycles. The molecule has 0 saturated heterocycles. The normalized spacial score (nSPS) is 10.2. The van der Waals surface area contributed by atoms with E-state index in [-0.39, 0.29) is 0 Å². The standard InChI is InChI=1S/C12H14N2O2S/c1-15-9-2-4-10(5-3-9)16-7-6-11-8-14-12(13)17-11/h2-5,8H,6-7H2,1H3,(H2,13,14). The van der Waals surface area contributed by atoms with Gasteiger partial charge in [-0.2, -0.15) is 0 Å². The van der Waals surface area contributed by atoms with Gasteiger partial charge in [-0.25, -0.2) is 4.98 Å². The number of benzene rings is 1. The lowest BCUT2D eigenvalue weighted by atomic mass is 10.3. The largest absolute Gasteiger partial charge is 0.497 e. The molecule has 0 radical (unpaired) electrons. The third-order valence-electron chi connectivity index (χ3n) is 2.25. The van der Waals surface area contributed by atoms with Gasteiger partial charge in [-0.1, -0.05) is 0 Å². The van der Waals surface area contributed by atoms with Gasteiger partial charge in [-0.15, -0.1) is 11.3 Å². The van der Waals surface area contributed by atoms with E-state index < -0.39 is 0 Å². The van der Waals surface area contributed by atoms with Crippen molar-refractivity contribution < 1.29 is 9.47 Å². The van der Waals surface area contributed by atoms with Crippen molar-refractivity contribution in [2.75, 3.05) is 19.5 Å². The Kier molecular flexibility index (Phi) is 3.82. The number of rotatable bonds is 5. The van der Waals surface area contributed by atoms with E-state index in [1.807, 2.05) is 24.3 Å². The second kappa shape index (κ2) is 5.54. The second-order valence-corrected chi connectivity index (χ2v) is 4.59. The van der Waals surface area contributed by atoms with Gasteiger partial charge in [0.1, 0.15) is 11.5 Å². The molecular weight excluding hydrogens is 236 g/mol. The van der Waals surface area contributed by atoms with Crippen molar-refractivity contribution in [2.24, 2.45) is 0 Å². The van der Waals surface area contributed by atoms with Gasteiger partial charge in [0.05, 0.1) is 13.7 Å². The topological polar surface area (TPSA) is 57.4 Å². The average Bonchev–Trinajstić information content (AvgIpc) is 2.76. The molecule has 5 heteroatoms. The number of nitrogens with zero attached hydrogens (tertiary/aromatic N) is 1. The molecule has 17 heavy (non-hydrogen) atoms. The van der Waals surface area contributed by atoms with Crippen LogP contribution in [0.3, 0.4) is 0 Å². The van der Waals surface area contributed by atoms with E-state index >= 15 is 0 Å². The molecule has 90 valence electrons. The van der Waals surface area contributed by atoms with Gasteiger partial charge in [0.15, 0.2) is 5.13 Å². The minimum Gasteiger partial charge on any atom is -0.497 e. The van der Waals surface area contributed by atoms with Crippen molar-refractivity contribution >= 4 is 16.5 Å². The Morgan fingerprint density at radius 1 is 1.24 bits per heavy atom. The highest BCUT2D eigenvalue weighted by Gasteiger charge is 2.00. The molecule has 2 aromatic rings. The molecule has 0 atom stereocenters. The number of methoxy groups -OCH3 is 1. The SMILES string of the molecule is COc1ccc(OCCc2cnc(N)s2)cc1. The molecule has 2 N–H and O–H groups in total. The maximum atomic E-state index is 5.60. The van der Waals surface area contributed by atoms with Crippen LogP contribution in [0.15, 0.2) is 30.5 Å². The molecule has 0 aliphatic carbocycles. The first-order chi connectivity index (χ1) is 8.28. The number of thiazole rings is 1. The number of nitrogens with two attached hydrogens (primary N) is 1. The molecule has 0 spiro atoms. The summed E-state index contributed by atoms with van der Waals surface area (Å²) < 4.78 is 10.7. The molecule has 0 aliphatic heterocycles. The van der Waals surface area contributed by atoms with Crippen LogP contribution < -0.4 is 15.2 Å². The van der Waals surface area contributed by atoms with Crippen molar-refractivity contribution in [3.63, 3.8) is 0 Å². The molecule has 0 fully saturated rings. The Morgan fingerprint density at radius 2 is 1.94 bits per heavy atom. The number of hydrogen-bond donors (Lipinski definition) is 1. The molecule has 0 amide bonds. The van der Waals surface area contributed by atoms with Crippen LogP contribution in [-0.2, 0) is 6.42 Å². The molecule has 0 bridgehead atoms. The van der Waals surface area contributed by atoms with Gasteiger partial charge in [0, 0.05) is 17.5 Å². The van der Waals surface area contributed by atoms with E-state index in [1.54, 1.807) is 13.3 Å². The third kappa shape index (κ3) is 3.35. The second-order valence-electron chi connectivity index (χ2n) is 3.44. The van der Waals surface area contributed by atoms with Gasteiger partial charge in [-0.05, 0) is 24.3 Å². The van der Waals surface area contributed by atoms with Crippen LogP contribution >= 0.6 is 11.3 Å². The number of ether oxygens (including phenoxy) is 2. The number of hydrogen-bond acceptors (Lipinski definition) is 5. The molecule has 1 aromatic carbocycles. The molecule has 1 heterocycles. The first kappa shape index (κ1) is 11.7. The van der Waals surface area contributed by atoms with Crippen LogP contribution in [0.4, 0.5) is 5.13 Å². The van der Waals surface area contributed by atoms with Gasteiger partial charge >= 0.3 is 0 Å².